The molecule has 1 saturated heterocycles. The van der Waals surface area contributed by atoms with Gasteiger partial charge < -0.3 is 10.0 Å². The lowest BCUT2D eigenvalue weighted by molar-refractivity contribution is 0.0467. The number of nitrogens with zero attached hydrogens (tertiary/aromatic N) is 3. The Labute approximate surface area is 135 Å². The molecule has 5 heteroatoms. The molecule has 0 radical (unpaired) electrons. The van der Waals surface area contributed by atoms with Crippen LogP contribution in [0.4, 0.5) is 0 Å². The normalized spacial score (nSPS) is 20.6. The third kappa shape index (κ3) is 2.55. The summed E-state index contributed by atoms with van der Waals surface area (Å²) >= 11 is 0. The molecule has 1 aliphatic heterocycles. The van der Waals surface area contributed by atoms with Crippen molar-refractivity contribution in [1.29, 1.82) is 0 Å². The number of aliphatic hydroxyl groups is 1. The molecule has 2 aromatic rings. The van der Waals surface area contributed by atoms with Gasteiger partial charge in [0.2, 0.25) is 0 Å². The van der Waals surface area contributed by atoms with E-state index in [1.807, 2.05) is 35.0 Å². The van der Waals surface area contributed by atoms with Gasteiger partial charge in [-0.25, -0.2) is 4.68 Å². The molecule has 1 atom stereocenters. The van der Waals surface area contributed by atoms with E-state index in [2.05, 4.69) is 5.10 Å². The highest BCUT2D eigenvalue weighted by Gasteiger charge is 2.31. The molecule has 2 heterocycles. The molecule has 0 spiro atoms. The van der Waals surface area contributed by atoms with Crippen LogP contribution in [-0.4, -0.2) is 44.9 Å². The van der Waals surface area contributed by atoms with E-state index in [1.165, 1.54) is 0 Å². The van der Waals surface area contributed by atoms with Crippen molar-refractivity contribution in [1.82, 2.24) is 14.7 Å². The minimum absolute atomic E-state index is 0.0309. The maximum absolute atomic E-state index is 12.9. The topological polar surface area (TPSA) is 58.4 Å². The Balaban J connectivity index is 1.71. The Morgan fingerprint density at radius 3 is 2.78 bits per heavy atom. The Bertz CT molecular complexity index is 723. The maximum Gasteiger partial charge on any atom is 0.274 e. The van der Waals surface area contributed by atoms with Crippen molar-refractivity contribution in [3.8, 4) is 5.69 Å². The molecule has 0 saturated carbocycles. The van der Waals surface area contributed by atoms with E-state index < -0.39 is 6.10 Å². The monoisotopic (exact) mass is 311 g/mol. The summed E-state index contributed by atoms with van der Waals surface area (Å²) in [6.45, 7) is 1.13. The van der Waals surface area contributed by atoms with Gasteiger partial charge in [-0.2, -0.15) is 5.10 Å². The van der Waals surface area contributed by atoms with Gasteiger partial charge >= 0.3 is 0 Å². The molecule has 23 heavy (non-hydrogen) atoms. The molecule has 1 aliphatic carbocycles. The fourth-order valence-corrected chi connectivity index (χ4v) is 3.68. The predicted molar refractivity (Wildman–Crippen MR) is 86.7 cm³/mol. The van der Waals surface area contributed by atoms with Crippen molar-refractivity contribution in [2.45, 2.75) is 38.2 Å². The van der Waals surface area contributed by atoms with Gasteiger partial charge in [-0.05, 0) is 44.2 Å². The van der Waals surface area contributed by atoms with Gasteiger partial charge in [-0.15, -0.1) is 0 Å². The second-order valence-electron chi connectivity index (χ2n) is 6.42. The van der Waals surface area contributed by atoms with E-state index in [4.69, 9.17) is 0 Å². The van der Waals surface area contributed by atoms with Gasteiger partial charge in [0.25, 0.3) is 5.91 Å². The zero-order valence-corrected chi connectivity index (χ0v) is 13.1. The largest absolute Gasteiger partial charge is 0.391 e. The Morgan fingerprint density at radius 1 is 1.17 bits per heavy atom. The van der Waals surface area contributed by atoms with E-state index in [1.54, 1.807) is 4.90 Å². The summed E-state index contributed by atoms with van der Waals surface area (Å²) in [6.07, 6.45) is 4.18. The fourth-order valence-electron chi connectivity index (χ4n) is 3.68. The number of aliphatic hydroxyl groups excluding tert-OH is 1. The number of benzene rings is 1. The molecule has 1 aromatic carbocycles. The van der Waals surface area contributed by atoms with Gasteiger partial charge in [-0.1, -0.05) is 18.2 Å². The van der Waals surface area contributed by atoms with Crippen LogP contribution in [0, 0.1) is 0 Å². The first-order valence-electron chi connectivity index (χ1n) is 8.37. The third-order valence-corrected chi connectivity index (χ3v) is 4.82. The van der Waals surface area contributed by atoms with E-state index in [0.29, 0.717) is 18.8 Å². The van der Waals surface area contributed by atoms with Crippen LogP contribution in [0.2, 0.25) is 0 Å². The predicted octanol–water partition coefficient (Wildman–Crippen LogP) is 1.96. The summed E-state index contributed by atoms with van der Waals surface area (Å²) < 4.78 is 1.93. The van der Waals surface area contributed by atoms with E-state index in [-0.39, 0.29) is 5.91 Å². The maximum atomic E-state index is 12.9. The van der Waals surface area contributed by atoms with Gasteiger partial charge in [0.15, 0.2) is 5.69 Å². The van der Waals surface area contributed by atoms with Gasteiger partial charge in [0.05, 0.1) is 11.8 Å². The second-order valence-corrected chi connectivity index (χ2v) is 6.42. The number of para-hydroxylation sites is 1. The number of carbonyl (C=O) groups is 1. The van der Waals surface area contributed by atoms with Crippen LogP contribution in [0.15, 0.2) is 30.3 Å². The minimum Gasteiger partial charge on any atom is -0.391 e. The molecular weight excluding hydrogens is 290 g/mol. The first-order chi connectivity index (χ1) is 11.2. The summed E-state index contributed by atoms with van der Waals surface area (Å²) in [4.78, 5) is 14.6. The van der Waals surface area contributed by atoms with Crippen molar-refractivity contribution >= 4 is 5.91 Å². The second kappa shape index (κ2) is 5.81. The molecule has 1 N–H and O–H groups in total. The summed E-state index contributed by atoms with van der Waals surface area (Å²) in [5, 5.41) is 14.5. The standard InChI is InChI=1S/C18H21N3O2/c22-14-8-5-11-20(12-14)18(23)17-15-9-4-10-16(15)21(19-17)13-6-2-1-3-7-13/h1-3,6-7,14,22H,4-5,8-12H2/t14-/m0/s1. The summed E-state index contributed by atoms with van der Waals surface area (Å²) in [6, 6.07) is 9.99. The number of hydrogen-bond donors (Lipinski definition) is 1. The minimum atomic E-state index is -0.406. The fraction of sp³-hybridized carbons (Fsp3) is 0.444. The molecule has 1 fully saturated rings. The smallest absolute Gasteiger partial charge is 0.274 e. The number of amides is 1. The number of fused-ring (bicyclic) bond motifs is 1. The molecule has 1 aromatic heterocycles. The lowest BCUT2D eigenvalue weighted by Gasteiger charge is -2.29. The van der Waals surface area contributed by atoms with E-state index >= 15 is 0 Å². The molecular formula is C18H21N3O2. The van der Waals surface area contributed by atoms with Gasteiger partial charge in [-0.3, -0.25) is 4.79 Å². The zero-order chi connectivity index (χ0) is 15.8. The van der Waals surface area contributed by atoms with Gasteiger partial charge in [0, 0.05) is 24.3 Å². The highest BCUT2D eigenvalue weighted by Crippen LogP contribution is 2.29. The first-order valence-corrected chi connectivity index (χ1v) is 8.37. The van der Waals surface area contributed by atoms with Crippen LogP contribution >= 0.6 is 0 Å². The molecule has 0 unspecified atom stereocenters. The molecule has 4 rings (SSSR count). The van der Waals surface area contributed by atoms with Gasteiger partial charge in [0.1, 0.15) is 0 Å². The number of β-amino-alcohol motifs (C(OH)–C–C–N with tert-alkyl or cyclic N) is 1. The van der Waals surface area contributed by atoms with Crippen LogP contribution in [-0.2, 0) is 12.8 Å². The molecule has 2 aliphatic rings. The third-order valence-electron chi connectivity index (χ3n) is 4.82. The number of likely N-dealkylation sites (tertiary alicyclic amines) is 1. The zero-order valence-electron chi connectivity index (χ0n) is 13.1. The number of aromatic nitrogens is 2. The van der Waals surface area contributed by atoms with Crippen LogP contribution < -0.4 is 0 Å². The molecule has 0 bridgehead atoms. The quantitative estimate of drug-likeness (QED) is 0.922. The number of carbonyl (C=O) groups excluding carboxylic acids is 1. The lowest BCUT2D eigenvalue weighted by atomic mass is 10.1. The van der Waals surface area contributed by atoms with Crippen molar-refractivity contribution in [2.24, 2.45) is 0 Å². The molecule has 1 amide bonds. The summed E-state index contributed by atoms with van der Waals surface area (Å²) in [7, 11) is 0. The molecule has 5 nitrogen and oxygen atoms in total. The average Bonchev–Trinajstić information content (AvgIpc) is 3.17. The summed E-state index contributed by atoms with van der Waals surface area (Å²) in [5.41, 5.74) is 3.84. The van der Waals surface area contributed by atoms with Crippen molar-refractivity contribution in [2.75, 3.05) is 13.1 Å². The van der Waals surface area contributed by atoms with Crippen molar-refractivity contribution < 1.29 is 9.90 Å². The van der Waals surface area contributed by atoms with E-state index in [9.17, 15) is 9.90 Å². The number of piperidine rings is 1. The number of rotatable bonds is 2. The lowest BCUT2D eigenvalue weighted by Crippen LogP contribution is -2.42. The van der Waals surface area contributed by atoms with Crippen LogP contribution in [0.5, 0.6) is 0 Å². The van der Waals surface area contributed by atoms with Crippen LogP contribution in [0.1, 0.15) is 41.0 Å². The van der Waals surface area contributed by atoms with Crippen molar-refractivity contribution in [3.63, 3.8) is 0 Å². The van der Waals surface area contributed by atoms with E-state index in [0.717, 1.165) is 49.0 Å². The highest BCUT2D eigenvalue weighted by atomic mass is 16.3. The highest BCUT2D eigenvalue weighted by molar-refractivity contribution is 5.94. The number of hydrogen-bond acceptors (Lipinski definition) is 3. The van der Waals surface area contributed by atoms with Crippen molar-refractivity contribution in [3.05, 3.63) is 47.3 Å². The summed E-state index contributed by atoms with van der Waals surface area (Å²) in [5.74, 6) is -0.0309. The SMILES string of the molecule is O=C(c1nn(-c2ccccc2)c2c1CCC2)N1CCC[C@H](O)C1. The van der Waals surface area contributed by atoms with Crippen LogP contribution in [0.25, 0.3) is 5.69 Å². The Hall–Kier alpha value is -2.14. The first kappa shape index (κ1) is 14.5. The Morgan fingerprint density at radius 2 is 2.00 bits per heavy atom. The molecule has 120 valence electrons. The van der Waals surface area contributed by atoms with Crippen LogP contribution in [0.3, 0.4) is 0 Å². The average molecular weight is 311 g/mol. The Kier molecular flexibility index (Phi) is 3.65.